The van der Waals surface area contributed by atoms with Crippen LogP contribution in [0, 0.1) is 0 Å². The van der Waals surface area contributed by atoms with Gasteiger partial charge in [0.1, 0.15) is 0 Å². The Morgan fingerprint density at radius 1 is 0.917 bits per heavy atom. The van der Waals surface area contributed by atoms with Crippen molar-refractivity contribution in [3.63, 3.8) is 0 Å². The molecule has 0 unspecified atom stereocenters. The van der Waals surface area contributed by atoms with Crippen LogP contribution in [0.5, 0.6) is 0 Å². The highest BCUT2D eigenvalue weighted by molar-refractivity contribution is 5.55. The molecule has 1 aromatic carbocycles. The molecule has 12 heavy (non-hydrogen) atoms. The van der Waals surface area contributed by atoms with Gasteiger partial charge in [-0.25, -0.2) is 0 Å². The van der Waals surface area contributed by atoms with Crippen LogP contribution in [0.4, 0.5) is 0 Å². The molecule has 0 fully saturated rings. The van der Waals surface area contributed by atoms with Crippen LogP contribution in [-0.4, -0.2) is 0 Å². The van der Waals surface area contributed by atoms with E-state index in [-0.39, 0.29) is 0 Å². The Balaban J connectivity index is 2.84. The van der Waals surface area contributed by atoms with Crippen molar-refractivity contribution in [2.75, 3.05) is 0 Å². The summed E-state index contributed by atoms with van der Waals surface area (Å²) in [5, 5.41) is 0. The first-order valence-electron chi connectivity index (χ1n) is 3.88. The highest BCUT2D eigenvalue weighted by Gasteiger charge is 1.85. The molecule has 60 valence electrons. The number of benzene rings is 1. The Kier molecular flexibility index (Phi) is 3.09. The van der Waals surface area contributed by atoms with Crippen LogP contribution < -0.4 is 0 Å². The molecule has 0 bridgehead atoms. The van der Waals surface area contributed by atoms with Crippen LogP contribution in [0.2, 0.25) is 0 Å². The van der Waals surface area contributed by atoms with Gasteiger partial charge in [-0.1, -0.05) is 61.7 Å². The summed E-state index contributed by atoms with van der Waals surface area (Å²) in [4.78, 5) is 0. The lowest BCUT2D eigenvalue weighted by Crippen LogP contribution is -1.72. The average Bonchev–Trinajstić information content (AvgIpc) is 2.15. The zero-order valence-corrected chi connectivity index (χ0v) is 7.03. The van der Waals surface area contributed by atoms with E-state index in [0.717, 1.165) is 5.56 Å². The summed E-state index contributed by atoms with van der Waals surface area (Å²) in [7, 11) is 0. The van der Waals surface area contributed by atoms with Crippen molar-refractivity contribution in [1.29, 1.82) is 0 Å². The van der Waals surface area contributed by atoms with Crippen molar-refractivity contribution in [2.24, 2.45) is 0 Å². The van der Waals surface area contributed by atoms with Gasteiger partial charge in [-0.2, -0.15) is 0 Å². The van der Waals surface area contributed by atoms with Crippen LogP contribution in [-0.2, 0) is 0 Å². The molecule has 0 saturated heterocycles. The molecular weight excluding hydrogens is 144 g/mol. The minimum absolute atomic E-state index is 1.14. The van der Waals surface area contributed by atoms with E-state index >= 15 is 0 Å². The second kappa shape index (κ2) is 4.35. The van der Waals surface area contributed by atoms with Gasteiger partial charge >= 0.3 is 0 Å². The van der Waals surface area contributed by atoms with E-state index < -0.39 is 0 Å². The van der Waals surface area contributed by atoms with E-state index in [9.17, 15) is 0 Å². The summed E-state index contributed by atoms with van der Waals surface area (Å²) in [5.74, 6) is 0. The lowest BCUT2D eigenvalue weighted by Gasteiger charge is -1.93. The first kappa shape index (κ1) is 8.54. The van der Waals surface area contributed by atoms with E-state index in [0.29, 0.717) is 0 Å². The SMILES string of the molecule is C=CC=Cc1ccc(C=C)cc1. The number of rotatable bonds is 3. The van der Waals surface area contributed by atoms with Crippen LogP contribution >= 0.6 is 0 Å². The summed E-state index contributed by atoms with van der Waals surface area (Å²) in [6, 6.07) is 8.18. The van der Waals surface area contributed by atoms with Gasteiger partial charge in [-0.05, 0) is 11.1 Å². The van der Waals surface area contributed by atoms with Gasteiger partial charge in [0.25, 0.3) is 0 Å². The molecule has 0 aromatic heterocycles. The largest absolute Gasteiger partial charge is 0.0991 e. The summed E-state index contributed by atoms with van der Waals surface area (Å²) >= 11 is 0. The summed E-state index contributed by atoms with van der Waals surface area (Å²) in [5.41, 5.74) is 2.33. The zero-order valence-electron chi connectivity index (χ0n) is 7.03. The third-order valence-corrected chi connectivity index (χ3v) is 1.60. The van der Waals surface area contributed by atoms with Crippen LogP contribution in [0.3, 0.4) is 0 Å². The van der Waals surface area contributed by atoms with Crippen LogP contribution in [0.25, 0.3) is 12.2 Å². The molecule has 0 radical (unpaired) electrons. The second-order valence-electron chi connectivity index (χ2n) is 2.47. The normalized spacial score (nSPS) is 10.0. The molecule has 0 saturated carbocycles. The van der Waals surface area contributed by atoms with Gasteiger partial charge in [0.2, 0.25) is 0 Å². The van der Waals surface area contributed by atoms with Gasteiger partial charge in [-0.3, -0.25) is 0 Å². The monoisotopic (exact) mass is 156 g/mol. The van der Waals surface area contributed by atoms with Gasteiger partial charge in [0.15, 0.2) is 0 Å². The van der Waals surface area contributed by atoms with Crippen LogP contribution in [0.1, 0.15) is 11.1 Å². The maximum atomic E-state index is 3.69. The average molecular weight is 156 g/mol. The molecule has 1 aromatic rings. The standard InChI is InChI=1S/C12H12/c1-3-5-6-12-9-7-11(4-2)8-10-12/h3-10H,1-2H2. The highest BCUT2D eigenvalue weighted by atomic mass is 13.9. The molecule has 0 N–H and O–H groups in total. The Morgan fingerprint density at radius 3 is 2.00 bits per heavy atom. The molecule has 0 aliphatic rings. The maximum Gasteiger partial charge on any atom is -0.0256 e. The maximum absolute atomic E-state index is 3.69. The van der Waals surface area contributed by atoms with Crippen LogP contribution in [0.15, 0.2) is 49.6 Å². The number of allylic oxidation sites excluding steroid dienone is 2. The molecule has 1 rings (SSSR count). The fourth-order valence-electron chi connectivity index (χ4n) is 0.922. The molecule has 0 amide bonds. The quantitative estimate of drug-likeness (QED) is 0.587. The van der Waals surface area contributed by atoms with E-state index in [1.54, 1.807) is 6.08 Å². The van der Waals surface area contributed by atoms with Crippen molar-refractivity contribution in [3.05, 3.63) is 60.7 Å². The van der Waals surface area contributed by atoms with E-state index in [1.807, 2.05) is 30.4 Å². The fraction of sp³-hybridized carbons (Fsp3) is 0. The predicted octanol–water partition coefficient (Wildman–Crippen LogP) is 3.53. The number of hydrogen-bond donors (Lipinski definition) is 0. The zero-order chi connectivity index (χ0) is 8.81. The summed E-state index contributed by atoms with van der Waals surface area (Å²) in [6.07, 6.45) is 7.53. The molecule has 0 heteroatoms. The predicted molar refractivity (Wildman–Crippen MR) is 55.8 cm³/mol. The van der Waals surface area contributed by atoms with Gasteiger partial charge in [-0.15, -0.1) is 0 Å². The molecule has 0 nitrogen and oxygen atoms in total. The molecule has 0 heterocycles. The minimum atomic E-state index is 1.14. The Bertz CT molecular complexity index is 288. The first-order chi connectivity index (χ1) is 5.86. The topological polar surface area (TPSA) is 0 Å². The van der Waals surface area contributed by atoms with E-state index in [1.165, 1.54) is 5.56 Å². The first-order valence-corrected chi connectivity index (χ1v) is 3.88. The lowest BCUT2D eigenvalue weighted by molar-refractivity contribution is 1.62. The molecular formula is C12H12. The van der Waals surface area contributed by atoms with Gasteiger partial charge in [0.05, 0.1) is 0 Å². The Morgan fingerprint density at radius 2 is 1.50 bits per heavy atom. The highest BCUT2D eigenvalue weighted by Crippen LogP contribution is 2.06. The number of hydrogen-bond acceptors (Lipinski definition) is 0. The molecule has 0 aliphatic heterocycles. The van der Waals surface area contributed by atoms with Crippen molar-refractivity contribution < 1.29 is 0 Å². The third-order valence-electron chi connectivity index (χ3n) is 1.60. The fourth-order valence-corrected chi connectivity index (χ4v) is 0.922. The van der Waals surface area contributed by atoms with Gasteiger partial charge in [0, 0.05) is 0 Å². The van der Waals surface area contributed by atoms with Gasteiger partial charge < -0.3 is 0 Å². The molecule has 0 aliphatic carbocycles. The summed E-state index contributed by atoms with van der Waals surface area (Å²) < 4.78 is 0. The smallest absolute Gasteiger partial charge is 0.0256 e. The summed E-state index contributed by atoms with van der Waals surface area (Å²) in [6.45, 7) is 7.30. The third kappa shape index (κ3) is 2.24. The molecule has 0 spiro atoms. The van der Waals surface area contributed by atoms with E-state index in [4.69, 9.17) is 0 Å². The molecule has 0 atom stereocenters. The van der Waals surface area contributed by atoms with Crippen molar-refractivity contribution in [3.8, 4) is 0 Å². The lowest BCUT2D eigenvalue weighted by atomic mass is 10.1. The second-order valence-corrected chi connectivity index (χ2v) is 2.47. The van der Waals surface area contributed by atoms with Crippen molar-refractivity contribution in [2.45, 2.75) is 0 Å². The van der Waals surface area contributed by atoms with Crippen molar-refractivity contribution >= 4 is 12.2 Å². The van der Waals surface area contributed by atoms with E-state index in [2.05, 4.69) is 25.3 Å². The Labute approximate surface area is 73.6 Å². The Hall–Kier alpha value is -1.56. The van der Waals surface area contributed by atoms with Crippen molar-refractivity contribution in [1.82, 2.24) is 0 Å². The minimum Gasteiger partial charge on any atom is -0.0991 e.